The minimum atomic E-state index is -1.09. The zero-order valence-electron chi connectivity index (χ0n) is 24.6. The van der Waals surface area contributed by atoms with Crippen molar-refractivity contribution in [3.8, 4) is 0 Å². The fourth-order valence-corrected chi connectivity index (χ4v) is 3.58. The number of nitrogen functional groups attached to an aromatic ring is 1. The van der Waals surface area contributed by atoms with E-state index in [4.69, 9.17) is 37.1 Å². The fraction of sp³-hybridized carbons (Fsp3) is 0.692. The number of carbonyl (C=O) groups excluding carboxylic acids is 3. The average molecular weight is 581 g/mol. The monoisotopic (exact) mass is 580 g/mol. The molecule has 0 spiro atoms. The summed E-state index contributed by atoms with van der Waals surface area (Å²) in [6, 6.07) is -2.69. The second-order valence-electron chi connectivity index (χ2n) is 11.5. The van der Waals surface area contributed by atoms with Gasteiger partial charge in [-0.05, 0) is 18.3 Å². The molecule has 0 aliphatic carbocycles. The number of ether oxygens (including phenoxy) is 3. The third-order valence-corrected chi connectivity index (χ3v) is 6.93. The molecule has 15 heteroatoms. The summed E-state index contributed by atoms with van der Waals surface area (Å²) >= 11 is 0. The van der Waals surface area contributed by atoms with Crippen LogP contribution in [0.5, 0.6) is 0 Å². The van der Waals surface area contributed by atoms with Crippen LogP contribution in [-0.4, -0.2) is 75.4 Å². The molecule has 0 bridgehead atoms. The van der Waals surface area contributed by atoms with Crippen molar-refractivity contribution in [2.75, 3.05) is 25.6 Å². The van der Waals surface area contributed by atoms with Gasteiger partial charge in [-0.1, -0.05) is 41.5 Å². The number of aryl methyl sites for hydroxylation is 1. The fourth-order valence-electron chi connectivity index (χ4n) is 3.58. The second-order valence-corrected chi connectivity index (χ2v) is 11.5. The van der Waals surface area contributed by atoms with Gasteiger partial charge in [0.05, 0.1) is 12.9 Å². The molecular weight excluding hydrogens is 536 g/mol. The van der Waals surface area contributed by atoms with Gasteiger partial charge in [0.1, 0.15) is 31.3 Å². The van der Waals surface area contributed by atoms with Crippen LogP contribution in [0.3, 0.4) is 0 Å². The van der Waals surface area contributed by atoms with Gasteiger partial charge in [0.25, 0.3) is 5.56 Å². The molecule has 230 valence electrons. The summed E-state index contributed by atoms with van der Waals surface area (Å²) in [7, 11) is 0. The lowest BCUT2D eigenvalue weighted by atomic mass is 9.88. The van der Waals surface area contributed by atoms with Gasteiger partial charge in [0.2, 0.25) is 5.95 Å². The summed E-state index contributed by atoms with van der Waals surface area (Å²) in [6.45, 7) is 10.5. The highest BCUT2D eigenvalue weighted by Crippen LogP contribution is 2.25. The first-order valence-corrected chi connectivity index (χ1v) is 13.5. The summed E-state index contributed by atoms with van der Waals surface area (Å²) in [5.41, 5.74) is 22.5. The Hall–Kier alpha value is -3.56. The number of nitrogens with one attached hydrogen (secondary N) is 1. The molecule has 0 saturated heterocycles. The zero-order valence-corrected chi connectivity index (χ0v) is 24.6. The smallest absolute Gasteiger partial charge is 0.323 e. The predicted molar refractivity (Wildman–Crippen MR) is 151 cm³/mol. The third-order valence-electron chi connectivity index (χ3n) is 6.93. The lowest BCUT2D eigenvalue weighted by Crippen LogP contribution is -2.44. The van der Waals surface area contributed by atoms with E-state index in [1.54, 1.807) is 46.1 Å². The van der Waals surface area contributed by atoms with E-state index in [1.807, 2.05) is 0 Å². The number of rotatable bonds is 15. The number of fused-ring (bicyclic) bond motifs is 1. The van der Waals surface area contributed by atoms with Crippen LogP contribution < -0.4 is 28.5 Å². The molecule has 2 aromatic rings. The number of nitrogens with two attached hydrogens (primary N) is 4. The topological polar surface area (TPSA) is 247 Å². The molecule has 9 N–H and O–H groups in total. The van der Waals surface area contributed by atoms with Gasteiger partial charge in [-0.2, -0.15) is 4.98 Å². The first-order chi connectivity index (χ1) is 19.1. The first-order valence-electron chi connectivity index (χ1n) is 13.5. The van der Waals surface area contributed by atoms with E-state index in [0.717, 1.165) is 0 Å². The van der Waals surface area contributed by atoms with Crippen molar-refractivity contribution in [1.82, 2.24) is 19.5 Å². The van der Waals surface area contributed by atoms with Gasteiger partial charge in [0, 0.05) is 17.9 Å². The van der Waals surface area contributed by atoms with Crippen molar-refractivity contribution in [3.63, 3.8) is 0 Å². The number of nitrogens with zero attached hydrogens (tertiary/aromatic N) is 3. The molecule has 15 nitrogen and oxygen atoms in total. The molecule has 0 aliphatic rings. The van der Waals surface area contributed by atoms with Crippen LogP contribution in [-0.2, 0) is 35.1 Å². The molecule has 0 amide bonds. The van der Waals surface area contributed by atoms with Crippen LogP contribution in [0.2, 0.25) is 0 Å². The van der Waals surface area contributed by atoms with E-state index in [1.165, 1.54) is 6.33 Å². The number of carbonyl (C=O) groups is 3. The second kappa shape index (κ2) is 14.4. The Balaban J connectivity index is 2.11. The molecule has 0 aliphatic heterocycles. The third kappa shape index (κ3) is 9.23. The number of aromatic nitrogens is 4. The van der Waals surface area contributed by atoms with Crippen LogP contribution >= 0.6 is 0 Å². The summed E-state index contributed by atoms with van der Waals surface area (Å²) < 4.78 is 17.9. The molecule has 5 atom stereocenters. The van der Waals surface area contributed by atoms with Crippen molar-refractivity contribution < 1.29 is 28.6 Å². The number of hydrogen-bond donors (Lipinski definition) is 5. The van der Waals surface area contributed by atoms with Crippen LogP contribution in [0.4, 0.5) is 5.95 Å². The molecule has 0 aromatic carbocycles. The normalized spacial score (nSPS) is 16.2. The summed E-state index contributed by atoms with van der Waals surface area (Å²) in [5, 5.41) is 0. The SMILES string of the molecule is CC(C)[C@H](N)C(=O)OCC(C)[C@H](N)C(=O)OCC(C)(CCn1cnc2c(=O)[nH]c(N)nc21)COC(=O)[C@@H](N)C(C)C. The zero-order chi connectivity index (χ0) is 31.1. The van der Waals surface area contributed by atoms with Gasteiger partial charge in [-0.15, -0.1) is 0 Å². The van der Waals surface area contributed by atoms with E-state index in [9.17, 15) is 19.2 Å². The highest BCUT2D eigenvalue weighted by Gasteiger charge is 2.33. The number of esters is 3. The van der Waals surface area contributed by atoms with Gasteiger partial charge in [-0.25, -0.2) is 4.98 Å². The molecule has 0 fully saturated rings. The van der Waals surface area contributed by atoms with Crippen molar-refractivity contribution in [1.29, 1.82) is 0 Å². The average Bonchev–Trinajstić information content (AvgIpc) is 3.33. The van der Waals surface area contributed by atoms with Gasteiger partial charge in [0.15, 0.2) is 11.2 Å². The highest BCUT2D eigenvalue weighted by atomic mass is 16.6. The number of imidazole rings is 1. The van der Waals surface area contributed by atoms with E-state index >= 15 is 0 Å². The van der Waals surface area contributed by atoms with Gasteiger partial charge >= 0.3 is 17.9 Å². The van der Waals surface area contributed by atoms with Crippen molar-refractivity contribution in [2.45, 2.75) is 72.6 Å². The van der Waals surface area contributed by atoms with Crippen LogP contribution in [0.15, 0.2) is 11.1 Å². The quantitative estimate of drug-likeness (QED) is 0.134. The van der Waals surface area contributed by atoms with Gasteiger partial charge in [-0.3, -0.25) is 24.2 Å². The van der Waals surface area contributed by atoms with Crippen molar-refractivity contribution in [2.24, 2.45) is 40.4 Å². The van der Waals surface area contributed by atoms with E-state index < -0.39 is 52.9 Å². The van der Waals surface area contributed by atoms with Crippen molar-refractivity contribution in [3.05, 3.63) is 16.7 Å². The molecule has 41 heavy (non-hydrogen) atoms. The largest absolute Gasteiger partial charge is 0.464 e. The van der Waals surface area contributed by atoms with E-state index in [0.29, 0.717) is 6.42 Å². The number of H-pyrrole nitrogens is 1. The Labute approximate surface area is 238 Å². The Morgan fingerprint density at radius 2 is 1.44 bits per heavy atom. The van der Waals surface area contributed by atoms with Crippen LogP contribution in [0.1, 0.15) is 48.0 Å². The Bertz CT molecular complexity index is 1260. The van der Waals surface area contributed by atoms with E-state index in [2.05, 4.69) is 15.0 Å². The van der Waals surface area contributed by atoms with E-state index in [-0.39, 0.29) is 55.3 Å². The maximum Gasteiger partial charge on any atom is 0.323 e. The molecule has 2 heterocycles. The maximum atomic E-state index is 12.8. The summed E-state index contributed by atoms with van der Waals surface area (Å²) in [5.74, 6) is -2.73. The van der Waals surface area contributed by atoms with Crippen LogP contribution in [0, 0.1) is 23.2 Å². The lowest BCUT2D eigenvalue weighted by Gasteiger charge is -2.30. The standard InChI is InChI=1S/C26H44N8O7/c1-13(2)16(27)22(36)39-9-15(5)18(29)24(38)41-11-26(6,10-40-23(37)17(28)14(3)4)7-8-34-12-31-19-20(34)32-25(30)33-21(19)35/h12-18H,7-11,27-29H2,1-6H3,(H3,30,32,33,35)/t15?,16-,17-,18-,26?/m0/s1. The summed E-state index contributed by atoms with van der Waals surface area (Å²) in [6.07, 6.45) is 1.77. The Morgan fingerprint density at radius 1 is 0.927 bits per heavy atom. The lowest BCUT2D eigenvalue weighted by molar-refractivity contribution is -0.158. The Kier molecular flexibility index (Phi) is 11.8. The molecule has 2 rings (SSSR count). The highest BCUT2D eigenvalue weighted by molar-refractivity contribution is 5.77. The number of aromatic amines is 1. The van der Waals surface area contributed by atoms with Crippen molar-refractivity contribution >= 4 is 35.0 Å². The predicted octanol–water partition coefficient (Wildman–Crippen LogP) is -0.342. The molecule has 0 radical (unpaired) electrons. The molecule has 2 unspecified atom stereocenters. The maximum absolute atomic E-state index is 12.8. The number of anilines is 1. The molecule has 2 aromatic heterocycles. The molecular formula is C26H44N8O7. The Morgan fingerprint density at radius 3 is 1.98 bits per heavy atom. The number of hydrogen-bond acceptors (Lipinski definition) is 13. The first kappa shape index (κ1) is 33.6. The minimum absolute atomic E-state index is 0.0579. The molecule has 0 saturated carbocycles. The van der Waals surface area contributed by atoms with Gasteiger partial charge < -0.3 is 41.7 Å². The summed E-state index contributed by atoms with van der Waals surface area (Å²) in [4.78, 5) is 60.1. The van der Waals surface area contributed by atoms with Crippen LogP contribution in [0.25, 0.3) is 11.2 Å². The minimum Gasteiger partial charge on any atom is -0.464 e.